The van der Waals surface area contributed by atoms with Crippen LogP contribution in [0.25, 0.3) is 5.57 Å². The number of nitrogen functional groups attached to an aromatic ring is 1. The average molecular weight is 348 g/mol. The van der Waals surface area contributed by atoms with Crippen LogP contribution in [-0.2, 0) is 0 Å². The minimum atomic E-state index is 0.666. The van der Waals surface area contributed by atoms with Gasteiger partial charge in [0.05, 0.1) is 6.61 Å². The van der Waals surface area contributed by atoms with Crippen molar-refractivity contribution in [2.75, 3.05) is 12.3 Å². The number of ether oxygens (including phenoxy) is 1. The summed E-state index contributed by atoms with van der Waals surface area (Å²) < 4.78 is 5.79. The first-order chi connectivity index (χ1) is 12.7. The SMILES string of the molecule is CC.Cc1ccccc1C1=CCC=C(CCOc2ccc(N)cc2)C=C1. The summed E-state index contributed by atoms with van der Waals surface area (Å²) in [7, 11) is 0. The molecule has 0 aromatic heterocycles. The number of anilines is 1. The molecule has 0 atom stereocenters. The molecular weight excluding hydrogens is 318 g/mol. The van der Waals surface area contributed by atoms with Gasteiger partial charge >= 0.3 is 0 Å². The van der Waals surface area contributed by atoms with Crippen molar-refractivity contribution in [3.63, 3.8) is 0 Å². The molecule has 0 spiro atoms. The third-order valence-corrected chi connectivity index (χ3v) is 4.19. The summed E-state index contributed by atoms with van der Waals surface area (Å²) in [6.45, 7) is 6.82. The van der Waals surface area contributed by atoms with Gasteiger partial charge in [0.2, 0.25) is 0 Å². The van der Waals surface area contributed by atoms with Crippen LogP contribution in [0.5, 0.6) is 5.75 Å². The van der Waals surface area contributed by atoms with E-state index in [9.17, 15) is 0 Å². The molecule has 0 saturated carbocycles. The average Bonchev–Trinajstić information content (AvgIpc) is 2.91. The van der Waals surface area contributed by atoms with Crippen LogP contribution in [0.1, 0.15) is 37.8 Å². The molecule has 0 aliphatic heterocycles. The van der Waals surface area contributed by atoms with Crippen molar-refractivity contribution < 1.29 is 4.74 Å². The fourth-order valence-electron chi connectivity index (χ4n) is 2.80. The van der Waals surface area contributed by atoms with Crippen molar-refractivity contribution in [1.29, 1.82) is 0 Å². The molecular formula is C24H29NO. The molecule has 26 heavy (non-hydrogen) atoms. The van der Waals surface area contributed by atoms with E-state index in [0.29, 0.717) is 6.61 Å². The van der Waals surface area contributed by atoms with E-state index < -0.39 is 0 Å². The first-order valence-corrected chi connectivity index (χ1v) is 9.34. The van der Waals surface area contributed by atoms with Gasteiger partial charge in [-0.15, -0.1) is 0 Å². The van der Waals surface area contributed by atoms with E-state index in [-0.39, 0.29) is 0 Å². The zero-order chi connectivity index (χ0) is 18.8. The Bertz CT molecular complexity index is 782. The molecule has 1 aliphatic rings. The minimum Gasteiger partial charge on any atom is -0.493 e. The highest BCUT2D eigenvalue weighted by atomic mass is 16.5. The van der Waals surface area contributed by atoms with Crippen LogP contribution < -0.4 is 10.5 Å². The Morgan fingerprint density at radius 3 is 2.38 bits per heavy atom. The fraction of sp³-hybridized carbons (Fsp3) is 0.250. The Kier molecular flexibility index (Phi) is 7.75. The molecule has 0 unspecified atom stereocenters. The van der Waals surface area contributed by atoms with E-state index in [4.69, 9.17) is 10.5 Å². The van der Waals surface area contributed by atoms with Crippen LogP contribution >= 0.6 is 0 Å². The summed E-state index contributed by atoms with van der Waals surface area (Å²) in [5.41, 5.74) is 11.7. The van der Waals surface area contributed by atoms with Gasteiger partial charge in [-0.25, -0.2) is 0 Å². The molecule has 2 aromatic carbocycles. The van der Waals surface area contributed by atoms with Gasteiger partial charge in [-0.05, 0) is 59.9 Å². The number of allylic oxidation sites excluding steroid dienone is 5. The lowest BCUT2D eigenvalue weighted by molar-refractivity contribution is 0.322. The normalized spacial score (nSPS) is 13.0. The highest BCUT2D eigenvalue weighted by molar-refractivity contribution is 5.77. The third-order valence-electron chi connectivity index (χ3n) is 4.19. The summed E-state index contributed by atoms with van der Waals surface area (Å²) >= 11 is 0. The Balaban J connectivity index is 0.00000117. The van der Waals surface area contributed by atoms with Crippen LogP contribution in [-0.4, -0.2) is 6.61 Å². The van der Waals surface area contributed by atoms with E-state index in [0.717, 1.165) is 24.3 Å². The quantitative estimate of drug-likeness (QED) is 0.640. The fourth-order valence-corrected chi connectivity index (χ4v) is 2.80. The second-order valence-corrected chi connectivity index (χ2v) is 5.99. The summed E-state index contributed by atoms with van der Waals surface area (Å²) in [4.78, 5) is 0. The lowest BCUT2D eigenvalue weighted by Crippen LogP contribution is -1.98. The molecule has 0 radical (unpaired) electrons. The topological polar surface area (TPSA) is 35.2 Å². The van der Waals surface area contributed by atoms with Crippen LogP contribution in [0.4, 0.5) is 5.69 Å². The minimum absolute atomic E-state index is 0.666. The first kappa shape index (κ1) is 19.6. The van der Waals surface area contributed by atoms with E-state index in [1.165, 1.54) is 22.3 Å². The largest absolute Gasteiger partial charge is 0.493 e. The van der Waals surface area contributed by atoms with Crippen molar-refractivity contribution in [3.05, 3.63) is 89.5 Å². The predicted molar refractivity (Wildman–Crippen MR) is 113 cm³/mol. The van der Waals surface area contributed by atoms with Crippen molar-refractivity contribution >= 4 is 11.3 Å². The number of hydrogen-bond donors (Lipinski definition) is 1. The van der Waals surface area contributed by atoms with Gasteiger partial charge in [0, 0.05) is 12.1 Å². The van der Waals surface area contributed by atoms with Crippen LogP contribution in [0.3, 0.4) is 0 Å². The van der Waals surface area contributed by atoms with Crippen LogP contribution in [0.15, 0.2) is 78.4 Å². The van der Waals surface area contributed by atoms with Gasteiger partial charge < -0.3 is 10.5 Å². The van der Waals surface area contributed by atoms with Crippen molar-refractivity contribution in [1.82, 2.24) is 0 Å². The lowest BCUT2D eigenvalue weighted by atomic mass is 10.00. The summed E-state index contributed by atoms with van der Waals surface area (Å²) in [6.07, 6.45) is 10.8. The molecule has 136 valence electrons. The number of aryl methyl sites for hydroxylation is 1. The second kappa shape index (κ2) is 10.3. The van der Waals surface area contributed by atoms with E-state index in [1.807, 2.05) is 38.1 Å². The molecule has 3 rings (SSSR count). The summed E-state index contributed by atoms with van der Waals surface area (Å²) in [5, 5.41) is 0. The van der Waals surface area contributed by atoms with E-state index in [2.05, 4.69) is 55.5 Å². The van der Waals surface area contributed by atoms with Crippen LogP contribution in [0, 0.1) is 6.92 Å². The Hall–Kier alpha value is -2.74. The predicted octanol–water partition coefficient (Wildman–Crippen LogP) is 6.34. The van der Waals surface area contributed by atoms with E-state index >= 15 is 0 Å². The molecule has 2 aromatic rings. The lowest BCUT2D eigenvalue weighted by Gasteiger charge is -2.07. The van der Waals surface area contributed by atoms with Gasteiger partial charge in [-0.3, -0.25) is 0 Å². The highest BCUT2D eigenvalue weighted by Gasteiger charge is 2.04. The second-order valence-electron chi connectivity index (χ2n) is 5.99. The Labute approximate surface area is 157 Å². The number of rotatable bonds is 5. The summed E-state index contributed by atoms with van der Waals surface area (Å²) in [5.74, 6) is 0.862. The molecule has 2 nitrogen and oxygen atoms in total. The maximum absolute atomic E-state index is 5.79. The maximum atomic E-state index is 5.79. The Morgan fingerprint density at radius 2 is 1.65 bits per heavy atom. The van der Waals surface area contributed by atoms with E-state index in [1.54, 1.807) is 0 Å². The van der Waals surface area contributed by atoms with Gasteiger partial charge in [0.25, 0.3) is 0 Å². The van der Waals surface area contributed by atoms with Gasteiger partial charge in [-0.1, -0.05) is 62.4 Å². The zero-order valence-electron chi connectivity index (χ0n) is 16.0. The number of nitrogens with two attached hydrogens (primary N) is 1. The third kappa shape index (κ3) is 5.66. The van der Waals surface area contributed by atoms with Gasteiger partial charge in [0.1, 0.15) is 5.75 Å². The zero-order valence-corrected chi connectivity index (χ0v) is 16.0. The van der Waals surface area contributed by atoms with Gasteiger partial charge in [0.15, 0.2) is 0 Å². The van der Waals surface area contributed by atoms with Gasteiger partial charge in [-0.2, -0.15) is 0 Å². The van der Waals surface area contributed by atoms with Crippen LogP contribution in [0.2, 0.25) is 0 Å². The molecule has 2 heteroatoms. The molecule has 0 fully saturated rings. The maximum Gasteiger partial charge on any atom is 0.119 e. The summed E-state index contributed by atoms with van der Waals surface area (Å²) in [6, 6.07) is 16.0. The number of benzene rings is 2. The van der Waals surface area contributed by atoms with Crippen molar-refractivity contribution in [3.8, 4) is 5.75 Å². The number of hydrogen-bond acceptors (Lipinski definition) is 2. The Morgan fingerprint density at radius 1 is 0.923 bits per heavy atom. The monoisotopic (exact) mass is 347 g/mol. The molecule has 0 bridgehead atoms. The van der Waals surface area contributed by atoms with Crippen molar-refractivity contribution in [2.45, 2.75) is 33.6 Å². The molecule has 0 heterocycles. The van der Waals surface area contributed by atoms with Crippen molar-refractivity contribution in [2.24, 2.45) is 0 Å². The molecule has 1 aliphatic carbocycles. The molecule has 2 N–H and O–H groups in total. The molecule has 0 amide bonds. The standard InChI is InChI=1S/C22H23NO.C2H6/c1-17-5-2-3-8-22(17)19-7-4-6-18(9-10-19)15-16-24-21-13-11-20(23)12-14-21;1-2/h2-3,5-14H,4,15-16,23H2,1H3;1-2H3. The first-order valence-electron chi connectivity index (χ1n) is 9.34. The smallest absolute Gasteiger partial charge is 0.119 e. The molecule has 0 saturated heterocycles. The highest BCUT2D eigenvalue weighted by Crippen LogP contribution is 2.24.